The van der Waals surface area contributed by atoms with E-state index in [2.05, 4.69) is 36.7 Å². The lowest BCUT2D eigenvalue weighted by atomic mass is 10.1. The first-order valence-electron chi connectivity index (χ1n) is 8.55. The molecule has 0 radical (unpaired) electrons. The third kappa shape index (κ3) is 4.02. The molecule has 0 aliphatic rings. The standard InChI is InChI=1S/C20H27ClN2O/c1-7-9-23(8-2)18-12-15(5)22-20(16(18)6)24-19-13(3)10-17(21)11-14(19)4/h10-12H,7-9H2,1-6H3. The van der Waals surface area contributed by atoms with Gasteiger partial charge in [-0.25, -0.2) is 4.98 Å². The van der Waals surface area contributed by atoms with Crippen molar-refractivity contribution in [2.45, 2.75) is 48.0 Å². The van der Waals surface area contributed by atoms with Crippen LogP contribution < -0.4 is 9.64 Å². The van der Waals surface area contributed by atoms with Gasteiger partial charge in [-0.2, -0.15) is 0 Å². The number of halogens is 1. The number of pyridine rings is 1. The molecule has 4 heteroatoms. The highest BCUT2D eigenvalue weighted by atomic mass is 35.5. The maximum absolute atomic E-state index is 6.22. The fraction of sp³-hybridized carbons (Fsp3) is 0.450. The molecule has 0 unspecified atom stereocenters. The Morgan fingerprint density at radius 1 is 1.04 bits per heavy atom. The van der Waals surface area contributed by atoms with Crippen molar-refractivity contribution in [2.75, 3.05) is 18.0 Å². The molecule has 0 N–H and O–H groups in total. The molecule has 0 saturated heterocycles. The molecule has 130 valence electrons. The highest BCUT2D eigenvalue weighted by Crippen LogP contribution is 2.35. The second-order valence-corrected chi connectivity index (χ2v) is 6.70. The van der Waals surface area contributed by atoms with Gasteiger partial charge in [0.1, 0.15) is 5.75 Å². The summed E-state index contributed by atoms with van der Waals surface area (Å²) >= 11 is 6.12. The number of anilines is 1. The van der Waals surface area contributed by atoms with Crippen LogP contribution in [0.5, 0.6) is 11.6 Å². The lowest BCUT2D eigenvalue weighted by molar-refractivity contribution is 0.451. The lowest BCUT2D eigenvalue weighted by Gasteiger charge is -2.26. The van der Waals surface area contributed by atoms with Crippen LogP contribution in [0.3, 0.4) is 0 Å². The summed E-state index contributed by atoms with van der Waals surface area (Å²) in [5, 5.41) is 0.729. The second kappa shape index (κ2) is 7.89. The summed E-state index contributed by atoms with van der Waals surface area (Å²) < 4.78 is 6.22. The van der Waals surface area contributed by atoms with Crippen LogP contribution in [0.2, 0.25) is 5.02 Å². The molecule has 3 nitrogen and oxygen atoms in total. The van der Waals surface area contributed by atoms with Gasteiger partial charge >= 0.3 is 0 Å². The van der Waals surface area contributed by atoms with Gasteiger partial charge in [-0.3, -0.25) is 0 Å². The number of nitrogens with zero attached hydrogens (tertiary/aromatic N) is 2. The Morgan fingerprint density at radius 3 is 2.21 bits per heavy atom. The third-order valence-electron chi connectivity index (χ3n) is 4.17. The van der Waals surface area contributed by atoms with Gasteiger partial charge < -0.3 is 9.64 Å². The van der Waals surface area contributed by atoms with Crippen molar-refractivity contribution in [2.24, 2.45) is 0 Å². The molecule has 0 fully saturated rings. The molecule has 1 aromatic heterocycles. The molecule has 0 bridgehead atoms. The number of aryl methyl sites for hydroxylation is 3. The average Bonchev–Trinajstić information content (AvgIpc) is 2.51. The van der Waals surface area contributed by atoms with Crippen molar-refractivity contribution >= 4 is 17.3 Å². The summed E-state index contributed by atoms with van der Waals surface area (Å²) in [5.74, 6) is 1.51. The van der Waals surface area contributed by atoms with Crippen LogP contribution in [0.25, 0.3) is 0 Å². The first-order chi connectivity index (χ1) is 11.4. The Labute approximate surface area is 150 Å². The Kier molecular flexibility index (Phi) is 6.11. The highest BCUT2D eigenvalue weighted by Gasteiger charge is 2.16. The van der Waals surface area contributed by atoms with Crippen LogP contribution in [0, 0.1) is 27.7 Å². The zero-order chi connectivity index (χ0) is 17.9. The molecule has 1 heterocycles. The van der Waals surface area contributed by atoms with E-state index in [0.717, 1.165) is 52.7 Å². The second-order valence-electron chi connectivity index (χ2n) is 6.26. The van der Waals surface area contributed by atoms with Gasteiger partial charge in [0.05, 0.1) is 0 Å². The third-order valence-corrected chi connectivity index (χ3v) is 4.39. The highest BCUT2D eigenvalue weighted by molar-refractivity contribution is 6.30. The zero-order valence-corrected chi connectivity index (χ0v) is 16.3. The quantitative estimate of drug-likeness (QED) is 0.641. The summed E-state index contributed by atoms with van der Waals surface area (Å²) in [6, 6.07) is 5.99. The minimum absolute atomic E-state index is 0.674. The minimum Gasteiger partial charge on any atom is -0.438 e. The zero-order valence-electron chi connectivity index (χ0n) is 15.5. The van der Waals surface area contributed by atoms with E-state index < -0.39 is 0 Å². The molecule has 0 atom stereocenters. The molecule has 2 rings (SSSR count). The molecule has 0 saturated carbocycles. The van der Waals surface area contributed by atoms with Crippen molar-refractivity contribution in [1.82, 2.24) is 4.98 Å². The van der Waals surface area contributed by atoms with E-state index in [0.29, 0.717) is 5.88 Å². The van der Waals surface area contributed by atoms with Crippen LogP contribution >= 0.6 is 11.6 Å². The molecule has 0 aliphatic carbocycles. The molecule has 24 heavy (non-hydrogen) atoms. The topological polar surface area (TPSA) is 25.4 Å². The number of ether oxygens (including phenoxy) is 1. The smallest absolute Gasteiger partial charge is 0.224 e. The average molecular weight is 347 g/mol. The van der Waals surface area contributed by atoms with E-state index in [1.807, 2.05) is 32.9 Å². The summed E-state index contributed by atoms with van der Waals surface area (Å²) in [6.07, 6.45) is 1.11. The molecule has 0 spiro atoms. The van der Waals surface area contributed by atoms with Gasteiger partial charge in [0.2, 0.25) is 5.88 Å². The van der Waals surface area contributed by atoms with Gasteiger partial charge in [0, 0.05) is 35.1 Å². The van der Waals surface area contributed by atoms with Crippen molar-refractivity contribution in [3.8, 4) is 11.6 Å². The predicted octanol–water partition coefficient (Wildman–Crippen LogP) is 6.00. The van der Waals surface area contributed by atoms with Crippen molar-refractivity contribution in [3.63, 3.8) is 0 Å². The summed E-state index contributed by atoms with van der Waals surface area (Å²) in [6.45, 7) is 14.5. The first kappa shape index (κ1) is 18.6. The van der Waals surface area contributed by atoms with Crippen molar-refractivity contribution in [3.05, 3.63) is 45.6 Å². The maximum Gasteiger partial charge on any atom is 0.224 e. The number of hydrogen-bond donors (Lipinski definition) is 0. The predicted molar refractivity (Wildman–Crippen MR) is 103 cm³/mol. The lowest BCUT2D eigenvalue weighted by Crippen LogP contribution is -2.24. The molecule has 0 aliphatic heterocycles. The SMILES string of the molecule is CCCN(CC)c1cc(C)nc(Oc2c(C)cc(Cl)cc2C)c1C. The Hall–Kier alpha value is -1.74. The van der Waals surface area contributed by atoms with Crippen LogP contribution in [0.4, 0.5) is 5.69 Å². The minimum atomic E-state index is 0.674. The van der Waals surface area contributed by atoms with E-state index in [4.69, 9.17) is 16.3 Å². The number of aromatic nitrogens is 1. The molecular weight excluding hydrogens is 320 g/mol. The largest absolute Gasteiger partial charge is 0.438 e. The Bertz CT molecular complexity index is 705. The van der Waals surface area contributed by atoms with Gasteiger partial charge in [0.15, 0.2) is 0 Å². The fourth-order valence-corrected chi connectivity index (χ4v) is 3.32. The van der Waals surface area contributed by atoms with E-state index in [9.17, 15) is 0 Å². The van der Waals surface area contributed by atoms with E-state index in [-0.39, 0.29) is 0 Å². The van der Waals surface area contributed by atoms with Crippen molar-refractivity contribution in [1.29, 1.82) is 0 Å². The van der Waals surface area contributed by atoms with Gasteiger partial charge in [0.25, 0.3) is 0 Å². The van der Waals surface area contributed by atoms with E-state index in [1.54, 1.807) is 0 Å². The Morgan fingerprint density at radius 2 is 1.67 bits per heavy atom. The Balaban J connectivity index is 2.47. The first-order valence-corrected chi connectivity index (χ1v) is 8.92. The number of hydrogen-bond acceptors (Lipinski definition) is 3. The van der Waals surface area contributed by atoms with Crippen molar-refractivity contribution < 1.29 is 4.74 Å². The maximum atomic E-state index is 6.22. The molecular formula is C20H27ClN2O. The number of benzene rings is 1. The summed E-state index contributed by atoms with van der Waals surface area (Å²) in [4.78, 5) is 7.00. The van der Waals surface area contributed by atoms with E-state index >= 15 is 0 Å². The van der Waals surface area contributed by atoms with Crippen LogP contribution in [0.1, 0.15) is 42.7 Å². The van der Waals surface area contributed by atoms with Gasteiger partial charge in [-0.15, -0.1) is 0 Å². The molecule has 2 aromatic rings. The number of rotatable bonds is 6. The van der Waals surface area contributed by atoms with Gasteiger partial charge in [-0.1, -0.05) is 18.5 Å². The van der Waals surface area contributed by atoms with Crippen LogP contribution in [-0.4, -0.2) is 18.1 Å². The normalized spacial score (nSPS) is 10.8. The fourth-order valence-electron chi connectivity index (χ4n) is 2.99. The molecule has 0 amide bonds. The van der Waals surface area contributed by atoms with E-state index in [1.165, 1.54) is 5.69 Å². The van der Waals surface area contributed by atoms with Crippen LogP contribution in [0.15, 0.2) is 18.2 Å². The summed E-state index contributed by atoms with van der Waals surface area (Å²) in [5.41, 5.74) is 5.27. The van der Waals surface area contributed by atoms with Crippen LogP contribution in [-0.2, 0) is 0 Å². The monoisotopic (exact) mass is 346 g/mol. The summed E-state index contributed by atoms with van der Waals surface area (Å²) in [7, 11) is 0. The van der Waals surface area contributed by atoms with Gasteiger partial charge in [-0.05, 0) is 70.4 Å². The molecule has 1 aromatic carbocycles.